The predicted octanol–water partition coefficient (Wildman–Crippen LogP) is 1.87. The zero-order chi connectivity index (χ0) is 17.0. The molecular formula is C15H17N3O5. The van der Waals surface area contributed by atoms with E-state index in [1.165, 1.54) is 38.4 Å². The summed E-state index contributed by atoms with van der Waals surface area (Å²) in [6.07, 6.45) is 1.43. The Hall–Kier alpha value is -2.87. The fourth-order valence-electron chi connectivity index (χ4n) is 2.06. The number of nitro groups is 1. The van der Waals surface area contributed by atoms with Crippen LogP contribution in [0.5, 0.6) is 0 Å². The molecule has 0 saturated carbocycles. The number of furan rings is 1. The van der Waals surface area contributed by atoms with Gasteiger partial charge in [0.15, 0.2) is 0 Å². The Bertz CT molecular complexity index is 710. The molecule has 0 fully saturated rings. The summed E-state index contributed by atoms with van der Waals surface area (Å²) in [6.45, 7) is 1.53. The van der Waals surface area contributed by atoms with Crippen molar-refractivity contribution in [2.45, 2.75) is 12.5 Å². The maximum atomic E-state index is 11.6. The minimum absolute atomic E-state index is 0.000669. The molecule has 0 saturated heterocycles. The van der Waals surface area contributed by atoms with Crippen molar-refractivity contribution in [2.24, 2.45) is 0 Å². The summed E-state index contributed by atoms with van der Waals surface area (Å²) in [7, 11) is 1.45. The number of nitrogens with zero attached hydrogens (tertiary/aromatic N) is 1. The van der Waals surface area contributed by atoms with Crippen molar-refractivity contribution in [3.63, 3.8) is 0 Å². The lowest BCUT2D eigenvalue weighted by molar-refractivity contribution is -0.384. The Morgan fingerprint density at radius 1 is 1.43 bits per heavy atom. The number of hydrogen-bond donors (Lipinski definition) is 3. The number of hydrogen-bond acceptors (Lipinski definition) is 6. The normalized spacial score (nSPS) is 13.2. The molecule has 8 nitrogen and oxygen atoms in total. The summed E-state index contributed by atoms with van der Waals surface area (Å²) >= 11 is 0. The van der Waals surface area contributed by atoms with Gasteiger partial charge in [0.05, 0.1) is 17.7 Å². The number of aliphatic hydroxyl groups is 1. The smallest absolute Gasteiger partial charge is 0.293 e. The average molecular weight is 319 g/mol. The monoisotopic (exact) mass is 319 g/mol. The SMILES string of the molecule is CNC(=O)c1ccc(NCC(C)(O)c2ccco2)c([N+](=O)[O-])c1. The van der Waals surface area contributed by atoms with Crippen LogP contribution >= 0.6 is 0 Å². The molecule has 23 heavy (non-hydrogen) atoms. The summed E-state index contributed by atoms with van der Waals surface area (Å²) in [5.41, 5.74) is -1.20. The lowest BCUT2D eigenvalue weighted by Gasteiger charge is -2.21. The number of nitro benzene ring substituents is 1. The number of anilines is 1. The molecule has 0 spiro atoms. The third-order valence-electron chi connectivity index (χ3n) is 3.36. The summed E-state index contributed by atoms with van der Waals surface area (Å²) in [4.78, 5) is 22.2. The quantitative estimate of drug-likeness (QED) is 0.552. The number of carbonyl (C=O) groups is 1. The van der Waals surface area contributed by atoms with Gasteiger partial charge in [0.2, 0.25) is 0 Å². The maximum absolute atomic E-state index is 11.6. The molecular weight excluding hydrogens is 302 g/mol. The Morgan fingerprint density at radius 3 is 2.74 bits per heavy atom. The van der Waals surface area contributed by atoms with E-state index in [1.807, 2.05) is 0 Å². The standard InChI is InChI=1S/C15H17N3O5/c1-15(20,13-4-3-7-23-13)9-17-11-6-5-10(14(19)16-2)8-12(11)18(21)22/h3-8,17,20H,9H2,1-2H3,(H,16,19). The van der Waals surface area contributed by atoms with Gasteiger partial charge in [0.1, 0.15) is 17.0 Å². The molecule has 1 aromatic heterocycles. The van der Waals surface area contributed by atoms with E-state index in [9.17, 15) is 20.0 Å². The van der Waals surface area contributed by atoms with Gasteiger partial charge in [0, 0.05) is 18.7 Å². The van der Waals surface area contributed by atoms with Crippen molar-refractivity contribution < 1.29 is 19.2 Å². The van der Waals surface area contributed by atoms with Crippen molar-refractivity contribution in [2.75, 3.05) is 18.9 Å². The summed E-state index contributed by atoms with van der Waals surface area (Å²) in [5, 5.41) is 26.8. The van der Waals surface area contributed by atoms with E-state index in [2.05, 4.69) is 10.6 Å². The van der Waals surface area contributed by atoms with Gasteiger partial charge in [-0.2, -0.15) is 0 Å². The first-order valence-corrected chi connectivity index (χ1v) is 6.86. The van der Waals surface area contributed by atoms with Crippen molar-refractivity contribution in [3.8, 4) is 0 Å². The second-order valence-corrected chi connectivity index (χ2v) is 5.17. The molecule has 0 radical (unpaired) electrons. The zero-order valence-corrected chi connectivity index (χ0v) is 12.7. The van der Waals surface area contributed by atoms with Gasteiger partial charge in [0.25, 0.3) is 11.6 Å². The van der Waals surface area contributed by atoms with Crippen LogP contribution in [0.1, 0.15) is 23.0 Å². The Kier molecular flexibility index (Phi) is 4.65. The van der Waals surface area contributed by atoms with Crippen LogP contribution in [0.3, 0.4) is 0 Å². The Balaban J connectivity index is 2.22. The van der Waals surface area contributed by atoms with Gasteiger partial charge in [-0.15, -0.1) is 0 Å². The molecule has 1 heterocycles. The first-order chi connectivity index (χ1) is 10.8. The highest BCUT2D eigenvalue weighted by Crippen LogP contribution is 2.28. The molecule has 0 bridgehead atoms. The first-order valence-electron chi connectivity index (χ1n) is 6.86. The van der Waals surface area contributed by atoms with Gasteiger partial charge in [-0.05, 0) is 31.2 Å². The number of nitrogens with one attached hydrogen (secondary N) is 2. The van der Waals surface area contributed by atoms with E-state index in [4.69, 9.17) is 4.42 Å². The molecule has 0 aliphatic heterocycles. The number of amides is 1. The Labute approximate surface area is 132 Å². The van der Waals surface area contributed by atoms with Crippen LogP contribution < -0.4 is 10.6 Å². The topological polar surface area (TPSA) is 118 Å². The van der Waals surface area contributed by atoms with Gasteiger partial charge in [-0.3, -0.25) is 14.9 Å². The van der Waals surface area contributed by atoms with Crippen molar-refractivity contribution in [1.82, 2.24) is 5.32 Å². The molecule has 1 aromatic carbocycles. The largest absolute Gasteiger partial charge is 0.466 e. The molecule has 1 amide bonds. The summed E-state index contributed by atoms with van der Waals surface area (Å²) in [6, 6.07) is 7.34. The van der Waals surface area contributed by atoms with Gasteiger partial charge in [-0.1, -0.05) is 0 Å². The molecule has 3 N–H and O–H groups in total. The summed E-state index contributed by atoms with van der Waals surface area (Å²) < 4.78 is 5.15. The molecule has 1 unspecified atom stereocenters. The van der Waals surface area contributed by atoms with E-state index in [0.29, 0.717) is 5.76 Å². The van der Waals surface area contributed by atoms with Crippen molar-refractivity contribution >= 4 is 17.3 Å². The van der Waals surface area contributed by atoms with Crippen LogP contribution in [0.15, 0.2) is 41.0 Å². The molecule has 0 aliphatic rings. The molecule has 8 heteroatoms. The number of rotatable bonds is 6. The highest BCUT2D eigenvalue weighted by molar-refractivity contribution is 5.95. The lowest BCUT2D eigenvalue weighted by Crippen LogP contribution is -2.30. The van der Waals surface area contributed by atoms with Gasteiger partial charge < -0.3 is 20.2 Å². The van der Waals surface area contributed by atoms with Crippen LogP contribution in [0.4, 0.5) is 11.4 Å². The van der Waals surface area contributed by atoms with Crippen molar-refractivity contribution in [3.05, 3.63) is 58.0 Å². The molecule has 122 valence electrons. The minimum atomic E-state index is -1.34. The third-order valence-corrected chi connectivity index (χ3v) is 3.36. The third kappa shape index (κ3) is 3.67. The van der Waals surface area contributed by atoms with E-state index in [0.717, 1.165) is 0 Å². The molecule has 2 aromatic rings. The predicted molar refractivity (Wildman–Crippen MR) is 83.3 cm³/mol. The van der Waals surface area contributed by atoms with E-state index in [-0.39, 0.29) is 23.5 Å². The molecule has 2 rings (SSSR count). The van der Waals surface area contributed by atoms with Crippen LogP contribution in [0.25, 0.3) is 0 Å². The second kappa shape index (κ2) is 6.49. The fraction of sp³-hybridized carbons (Fsp3) is 0.267. The fourth-order valence-corrected chi connectivity index (χ4v) is 2.06. The van der Waals surface area contributed by atoms with Crippen LogP contribution in [-0.2, 0) is 5.60 Å². The van der Waals surface area contributed by atoms with Gasteiger partial charge >= 0.3 is 0 Å². The van der Waals surface area contributed by atoms with Crippen LogP contribution in [0.2, 0.25) is 0 Å². The highest BCUT2D eigenvalue weighted by Gasteiger charge is 2.27. The molecule has 0 aliphatic carbocycles. The average Bonchev–Trinajstić information content (AvgIpc) is 3.07. The van der Waals surface area contributed by atoms with E-state index in [1.54, 1.807) is 12.1 Å². The maximum Gasteiger partial charge on any atom is 0.293 e. The lowest BCUT2D eigenvalue weighted by atomic mass is 10.0. The first kappa shape index (κ1) is 16.5. The minimum Gasteiger partial charge on any atom is -0.466 e. The molecule has 1 atom stereocenters. The van der Waals surface area contributed by atoms with Crippen LogP contribution in [-0.4, -0.2) is 29.5 Å². The van der Waals surface area contributed by atoms with E-state index >= 15 is 0 Å². The van der Waals surface area contributed by atoms with Gasteiger partial charge in [-0.25, -0.2) is 0 Å². The van der Waals surface area contributed by atoms with Crippen molar-refractivity contribution in [1.29, 1.82) is 0 Å². The number of carbonyl (C=O) groups excluding carboxylic acids is 1. The Morgan fingerprint density at radius 2 is 2.17 bits per heavy atom. The zero-order valence-electron chi connectivity index (χ0n) is 12.7. The van der Waals surface area contributed by atoms with Crippen LogP contribution in [0, 0.1) is 10.1 Å². The second-order valence-electron chi connectivity index (χ2n) is 5.17. The van der Waals surface area contributed by atoms with E-state index < -0.39 is 16.4 Å². The highest BCUT2D eigenvalue weighted by atomic mass is 16.6. The summed E-state index contributed by atoms with van der Waals surface area (Å²) in [5.74, 6) is -0.0723. The number of benzene rings is 1.